The Morgan fingerprint density at radius 3 is 2.81 bits per heavy atom. The van der Waals surface area contributed by atoms with Crippen molar-refractivity contribution < 1.29 is 14.4 Å². The fraction of sp³-hybridized carbons (Fsp3) is 0.500. The Balaban J connectivity index is 1.68. The van der Waals surface area contributed by atoms with Crippen LogP contribution >= 0.6 is 0 Å². The third-order valence-corrected chi connectivity index (χ3v) is 4.03. The highest BCUT2D eigenvalue weighted by Gasteiger charge is 2.33. The van der Waals surface area contributed by atoms with Gasteiger partial charge in [0.1, 0.15) is 5.75 Å². The van der Waals surface area contributed by atoms with Crippen molar-refractivity contribution in [2.24, 2.45) is 5.16 Å². The number of ether oxygens (including phenoxy) is 1. The Kier molecular flexibility index (Phi) is 4.08. The van der Waals surface area contributed by atoms with Gasteiger partial charge in [0, 0.05) is 25.1 Å². The highest BCUT2D eigenvalue weighted by molar-refractivity contribution is 6.05. The second kappa shape index (κ2) is 6.16. The van der Waals surface area contributed by atoms with Gasteiger partial charge in [-0.05, 0) is 31.4 Å². The first kappa shape index (κ1) is 13.9. The SMILES string of the molecule is COc1ccccc1C1=NO[C@@H](C(=O)N2CCCCC2)C1. The molecule has 0 aromatic heterocycles. The average molecular weight is 288 g/mol. The largest absolute Gasteiger partial charge is 0.496 e. The molecule has 112 valence electrons. The van der Waals surface area contributed by atoms with Crippen LogP contribution in [-0.2, 0) is 9.63 Å². The number of para-hydroxylation sites is 1. The van der Waals surface area contributed by atoms with E-state index in [9.17, 15) is 4.79 Å². The molecule has 5 nitrogen and oxygen atoms in total. The molecule has 0 unspecified atom stereocenters. The van der Waals surface area contributed by atoms with Gasteiger partial charge in [0.15, 0.2) is 0 Å². The van der Waals surface area contributed by atoms with Gasteiger partial charge in [-0.3, -0.25) is 4.79 Å². The lowest BCUT2D eigenvalue weighted by molar-refractivity contribution is -0.143. The van der Waals surface area contributed by atoms with E-state index in [4.69, 9.17) is 9.57 Å². The quantitative estimate of drug-likeness (QED) is 0.856. The number of hydrogen-bond donors (Lipinski definition) is 0. The molecule has 2 aliphatic rings. The lowest BCUT2D eigenvalue weighted by atomic mass is 10.0. The molecule has 2 heterocycles. The van der Waals surface area contributed by atoms with Crippen LogP contribution in [0.1, 0.15) is 31.2 Å². The van der Waals surface area contributed by atoms with Crippen LogP contribution in [0, 0.1) is 0 Å². The third-order valence-electron chi connectivity index (χ3n) is 4.03. The van der Waals surface area contributed by atoms with E-state index in [1.54, 1.807) is 7.11 Å². The van der Waals surface area contributed by atoms with Crippen LogP contribution in [0.25, 0.3) is 0 Å². The Morgan fingerprint density at radius 2 is 2.05 bits per heavy atom. The summed E-state index contributed by atoms with van der Waals surface area (Å²) in [6, 6.07) is 7.67. The molecule has 0 N–H and O–H groups in total. The molecule has 1 atom stereocenters. The number of carbonyl (C=O) groups is 1. The van der Waals surface area contributed by atoms with Gasteiger partial charge in [0.05, 0.1) is 12.8 Å². The number of benzene rings is 1. The Hall–Kier alpha value is -2.04. The van der Waals surface area contributed by atoms with Gasteiger partial charge < -0.3 is 14.5 Å². The molecule has 1 aromatic carbocycles. The highest BCUT2D eigenvalue weighted by atomic mass is 16.6. The first-order valence-corrected chi connectivity index (χ1v) is 7.44. The van der Waals surface area contributed by atoms with E-state index >= 15 is 0 Å². The van der Waals surface area contributed by atoms with Crippen molar-refractivity contribution in [1.82, 2.24) is 4.90 Å². The molecule has 0 aliphatic carbocycles. The van der Waals surface area contributed by atoms with Crippen LogP contribution in [0.2, 0.25) is 0 Å². The van der Waals surface area contributed by atoms with E-state index < -0.39 is 6.10 Å². The minimum absolute atomic E-state index is 0.0587. The summed E-state index contributed by atoms with van der Waals surface area (Å²) >= 11 is 0. The monoisotopic (exact) mass is 288 g/mol. The fourth-order valence-corrected chi connectivity index (χ4v) is 2.87. The second-order valence-electron chi connectivity index (χ2n) is 5.42. The summed E-state index contributed by atoms with van der Waals surface area (Å²) in [5.74, 6) is 0.814. The molecule has 0 saturated carbocycles. The van der Waals surface area contributed by atoms with Crippen molar-refractivity contribution in [2.45, 2.75) is 31.8 Å². The van der Waals surface area contributed by atoms with Crippen LogP contribution in [0.4, 0.5) is 0 Å². The van der Waals surface area contributed by atoms with Crippen molar-refractivity contribution in [3.8, 4) is 5.75 Å². The molecule has 1 fully saturated rings. The molecular formula is C16H20N2O3. The van der Waals surface area contributed by atoms with E-state index in [1.807, 2.05) is 29.2 Å². The van der Waals surface area contributed by atoms with Gasteiger partial charge in [-0.1, -0.05) is 17.3 Å². The minimum Gasteiger partial charge on any atom is -0.496 e. The Morgan fingerprint density at radius 1 is 1.29 bits per heavy atom. The maximum atomic E-state index is 12.4. The first-order chi connectivity index (χ1) is 10.3. The van der Waals surface area contributed by atoms with Crippen LogP contribution in [0.5, 0.6) is 5.75 Å². The molecular weight excluding hydrogens is 268 g/mol. The molecule has 3 rings (SSSR count). The normalized spacial score (nSPS) is 21.7. The number of rotatable bonds is 3. The van der Waals surface area contributed by atoms with Gasteiger partial charge in [-0.2, -0.15) is 0 Å². The number of methoxy groups -OCH3 is 1. The Labute approximate surface area is 124 Å². The molecule has 1 aromatic rings. The van der Waals surface area contributed by atoms with Crippen molar-refractivity contribution in [2.75, 3.05) is 20.2 Å². The predicted molar refractivity (Wildman–Crippen MR) is 79.5 cm³/mol. The van der Waals surface area contributed by atoms with E-state index in [-0.39, 0.29) is 5.91 Å². The fourth-order valence-electron chi connectivity index (χ4n) is 2.87. The summed E-state index contributed by atoms with van der Waals surface area (Å²) < 4.78 is 5.34. The molecule has 0 radical (unpaired) electrons. The van der Waals surface area contributed by atoms with Gasteiger partial charge in [0.2, 0.25) is 6.10 Å². The lowest BCUT2D eigenvalue weighted by Gasteiger charge is -2.28. The predicted octanol–water partition coefficient (Wildman–Crippen LogP) is 2.20. The van der Waals surface area contributed by atoms with Crippen LogP contribution in [-0.4, -0.2) is 42.8 Å². The topological polar surface area (TPSA) is 51.1 Å². The maximum absolute atomic E-state index is 12.4. The molecule has 1 amide bonds. The van der Waals surface area contributed by atoms with E-state index in [1.165, 1.54) is 6.42 Å². The summed E-state index contributed by atoms with van der Waals surface area (Å²) in [6.45, 7) is 1.67. The second-order valence-corrected chi connectivity index (χ2v) is 5.42. The zero-order chi connectivity index (χ0) is 14.7. The number of carbonyl (C=O) groups excluding carboxylic acids is 1. The van der Waals surface area contributed by atoms with E-state index in [0.29, 0.717) is 6.42 Å². The summed E-state index contributed by atoms with van der Waals surface area (Å²) in [6.07, 6.45) is 3.40. The summed E-state index contributed by atoms with van der Waals surface area (Å²) in [5.41, 5.74) is 1.68. The third kappa shape index (κ3) is 2.86. The zero-order valence-electron chi connectivity index (χ0n) is 12.2. The molecule has 1 saturated heterocycles. The minimum atomic E-state index is -0.483. The average Bonchev–Trinajstić information content (AvgIpc) is 3.04. The summed E-state index contributed by atoms with van der Waals surface area (Å²) in [4.78, 5) is 19.7. The summed E-state index contributed by atoms with van der Waals surface area (Å²) in [7, 11) is 1.63. The van der Waals surface area contributed by atoms with Gasteiger partial charge in [-0.25, -0.2) is 0 Å². The van der Waals surface area contributed by atoms with Crippen molar-refractivity contribution in [3.05, 3.63) is 29.8 Å². The van der Waals surface area contributed by atoms with Gasteiger partial charge in [0.25, 0.3) is 5.91 Å². The Bertz CT molecular complexity index is 550. The molecule has 0 spiro atoms. The van der Waals surface area contributed by atoms with E-state index in [2.05, 4.69) is 5.16 Å². The molecule has 2 aliphatic heterocycles. The first-order valence-electron chi connectivity index (χ1n) is 7.44. The molecule has 21 heavy (non-hydrogen) atoms. The van der Waals surface area contributed by atoms with Gasteiger partial charge >= 0.3 is 0 Å². The van der Waals surface area contributed by atoms with Crippen LogP contribution < -0.4 is 4.74 Å². The van der Waals surface area contributed by atoms with Crippen LogP contribution in [0.15, 0.2) is 29.4 Å². The van der Waals surface area contributed by atoms with Crippen LogP contribution in [0.3, 0.4) is 0 Å². The highest BCUT2D eigenvalue weighted by Crippen LogP contribution is 2.25. The van der Waals surface area contributed by atoms with Crippen molar-refractivity contribution >= 4 is 11.6 Å². The van der Waals surface area contributed by atoms with Crippen molar-refractivity contribution in [1.29, 1.82) is 0 Å². The number of hydrogen-bond acceptors (Lipinski definition) is 4. The number of oxime groups is 1. The summed E-state index contributed by atoms with van der Waals surface area (Å²) in [5, 5.41) is 4.10. The molecule has 0 bridgehead atoms. The standard InChI is InChI=1S/C16H20N2O3/c1-20-14-8-4-3-7-12(14)13-11-15(21-17-13)16(19)18-9-5-2-6-10-18/h3-4,7-8,15H,2,5-6,9-11H2,1H3/t15-/m1/s1. The number of piperidine rings is 1. The lowest BCUT2D eigenvalue weighted by Crippen LogP contribution is -2.42. The number of likely N-dealkylation sites (tertiary alicyclic amines) is 1. The maximum Gasteiger partial charge on any atom is 0.266 e. The number of amides is 1. The number of nitrogens with zero attached hydrogens (tertiary/aromatic N) is 2. The molecule has 5 heteroatoms. The zero-order valence-corrected chi connectivity index (χ0v) is 12.2. The smallest absolute Gasteiger partial charge is 0.266 e. The van der Waals surface area contributed by atoms with Gasteiger partial charge in [-0.15, -0.1) is 0 Å². The van der Waals surface area contributed by atoms with Crippen molar-refractivity contribution in [3.63, 3.8) is 0 Å². The van der Waals surface area contributed by atoms with E-state index in [0.717, 1.165) is 43.0 Å².